The lowest BCUT2D eigenvalue weighted by molar-refractivity contribution is -0.141. The van der Waals surface area contributed by atoms with Crippen molar-refractivity contribution in [1.29, 1.82) is 0 Å². The summed E-state index contributed by atoms with van der Waals surface area (Å²) in [7, 11) is 0. The highest BCUT2D eigenvalue weighted by molar-refractivity contribution is 6.00. The molecule has 4 nitrogen and oxygen atoms in total. The van der Waals surface area contributed by atoms with E-state index in [9.17, 15) is 14.7 Å². The Morgan fingerprint density at radius 1 is 1.37 bits per heavy atom. The highest BCUT2D eigenvalue weighted by Crippen LogP contribution is 2.39. The van der Waals surface area contributed by atoms with Crippen molar-refractivity contribution in [1.82, 2.24) is 4.90 Å². The molecule has 1 saturated heterocycles. The lowest BCUT2D eigenvalue weighted by Crippen LogP contribution is -2.53. The number of rotatable bonds is 1. The minimum Gasteiger partial charge on any atom is -0.481 e. The zero-order valence-electron chi connectivity index (χ0n) is 10.9. The summed E-state index contributed by atoms with van der Waals surface area (Å²) in [6.07, 6.45) is 1.73. The third-order valence-electron chi connectivity index (χ3n) is 4.34. The van der Waals surface area contributed by atoms with Gasteiger partial charge in [0.25, 0.3) is 5.91 Å². The molecule has 0 spiro atoms. The largest absolute Gasteiger partial charge is 0.481 e. The molecule has 0 radical (unpaired) electrons. The number of amides is 1. The summed E-state index contributed by atoms with van der Waals surface area (Å²) in [6.45, 7) is 2.80. The van der Waals surface area contributed by atoms with E-state index in [0.717, 1.165) is 12.8 Å². The Bertz CT molecular complexity index is 540. The molecule has 2 heterocycles. The molecule has 4 heteroatoms. The molecular formula is C15H17NO3. The molecule has 2 aliphatic rings. The van der Waals surface area contributed by atoms with E-state index < -0.39 is 11.9 Å². The van der Waals surface area contributed by atoms with Crippen LogP contribution in [0.25, 0.3) is 0 Å². The maximum atomic E-state index is 12.5. The zero-order chi connectivity index (χ0) is 13.6. The van der Waals surface area contributed by atoms with Gasteiger partial charge in [-0.3, -0.25) is 9.59 Å². The highest BCUT2D eigenvalue weighted by Gasteiger charge is 2.45. The van der Waals surface area contributed by atoms with Crippen LogP contribution in [0.15, 0.2) is 24.3 Å². The third-order valence-corrected chi connectivity index (χ3v) is 4.34. The standard InChI is InChI=1S/C15H17NO3/c1-9-6-7-16-12(8-9)13(15(18)19)10-4-2-3-5-11(10)14(16)17/h2-5,9,12-13H,6-8H2,1H3,(H,18,19)/t9-,12-,13-/m1/s1. The van der Waals surface area contributed by atoms with Crippen molar-refractivity contribution in [3.63, 3.8) is 0 Å². The van der Waals surface area contributed by atoms with Crippen LogP contribution in [0.2, 0.25) is 0 Å². The number of carbonyl (C=O) groups excluding carboxylic acids is 1. The number of fused-ring (bicyclic) bond motifs is 2. The zero-order valence-corrected chi connectivity index (χ0v) is 10.9. The fraction of sp³-hybridized carbons (Fsp3) is 0.467. The average Bonchev–Trinajstić information content (AvgIpc) is 2.38. The van der Waals surface area contributed by atoms with E-state index in [0.29, 0.717) is 23.6 Å². The number of piperidine rings is 1. The van der Waals surface area contributed by atoms with Gasteiger partial charge in [-0.2, -0.15) is 0 Å². The van der Waals surface area contributed by atoms with Crippen molar-refractivity contribution < 1.29 is 14.7 Å². The van der Waals surface area contributed by atoms with Crippen molar-refractivity contribution in [3.8, 4) is 0 Å². The van der Waals surface area contributed by atoms with Gasteiger partial charge in [0, 0.05) is 18.2 Å². The maximum Gasteiger partial charge on any atom is 0.313 e. The molecule has 0 saturated carbocycles. The molecule has 1 aromatic carbocycles. The van der Waals surface area contributed by atoms with Gasteiger partial charge in [0.2, 0.25) is 0 Å². The number of hydrogen-bond acceptors (Lipinski definition) is 2. The molecule has 2 aliphatic heterocycles. The van der Waals surface area contributed by atoms with E-state index in [-0.39, 0.29) is 11.9 Å². The van der Waals surface area contributed by atoms with Crippen molar-refractivity contribution in [3.05, 3.63) is 35.4 Å². The Hall–Kier alpha value is -1.84. The molecule has 0 unspecified atom stereocenters. The van der Waals surface area contributed by atoms with Crippen LogP contribution < -0.4 is 0 Å². The molecule has 0 aliphatic carbocycles. The van der Waals surface area contributed by atoms with Crippen LogP contribution >= 0.6 is 0 Å². The molecule has 0 bridgehead atoms. The maximum absolute atomic E-state index is 12.5. The van der Waals surface area contributed by atoms with Gasteiger partial charge in [-0.1, -0.05) is 25.1 Å². The summed E-state index contributed by atoms with van der Waals surface area (Å²) in [5.41, 5.74) is 1.23. The van der Waals surface area contributed by atoms with Crippen molar-refractivity contribution in [2.45, 2.75) is 31.7 Å². The van der Waals surface area contributed by atoms with E-state index in [1.54, 1.807) is 23.1 Å². The minimum atomic E-state index is -0.830. The number of carbonyl (C=O) groups is 2. The fourth-order valence-electron chi connectivity index (χ4n) is 3.37. The van der Waals surface area contributed by atoms with Crippen LogP contribution in [0.5, 0.6) is 0 Å². The van der Waals surface area contributed by atoms with Crippen LogP contribution in [0, 0.1) is 5.92 Å². The second-order valence-electron chi connectivity index (χ2n) is 5.60. The van der Waals surface area contributed by atoms with Gasteiger partial charge in [-0.15, -0.1) is 0 Å². The normalized spacial score (nSPS) is 29.6. The number of aliphatic carboxylic acids is 1. The molecule has 1 amide bonds. The van der Waals surface area contributed by atoms with Crippen molar-refractivity contribution in [2.24, 2.45) is 5.92 Å². The monoisotopic (exact) mass is 259 g/mol. The van der Waals surface area contributed by atoms with Gasteiger partial charge in [0.1, 0.15) is 5.92 Å². The molecule has 19 heavy (non-hydrogen) atoms. The Morgan fingerprint density at radius 3 is 2.84 bits per heavy atom. The number of nitrogens with zero attached hydrogens (tertiary/aromatic N) is 1. The quantitative estimate of drug-likeness (QED) is 0.840. The second-order valence-corrected chi connectivity index (χ2v) is 5.60. The van der Waals surface area contributed by atoms with E-state index in [1.165, 1.54) is 0 Å². The smallest absolute Gasteiger partial charge is 0.313 e. The van der Waals surface area contributed by atoms with E-state index in [2.05, 4.69) is 6.92 Å². The first kappa shape index (κ1) is 12.2. The third kappa shape index (κ3) is 1.82. The Morgan fingerprint density at radius 2 is 2.11 bits per heavy atom. The summed E-state index contributed by atoms with van der Waals surface area (Å²) >= 11 is 0. The lowest BCUT2D eigenvalue weighted by Gasteiger charge is -2.45. The Labute approximate surface area is 112 Å². The minimum absolute atomic E-state index is 0.00926. The molecular weight excluding hydrogens is 242 g/mol. The number of carboxylic acid groups (broad SMARTS) is 1. The lowest BCUT2D eigenvalue weighted by atomic mass is 9.76. The highest BCUT2D eigenvalue weighted by atomic mass is 16.4. The molecule has 1 N–H and O–H groups in total. The average molecular weight is 259 g/mol. The van der Waals surface area contributed by atoms with Gasteiger partial charge in [0.05, 0.1) is 0 Å². The molecule has 1 aromatic rings. The summed E-state index contributed by atoms with van der Waals surface area (Å²) in [5.74, 6) is -0.952. The van der Waals surface area contributed by atoms with Gasteiger partial charge in [0.15, 0.2) is 0 Å². The predicted octanol–water partition coefficient (Wildman–Crippen LogP) is 2.11. The van der Waals surface area contributed by atoms with E-state index >= 15 is 0 Å². The topological polar surface area (TPSA) is 57.6 Å². The SMILES string of the molecule is C[C@@H]1CCN2C(=O)c3ccccc3[C@@H](C(=O)O)[C@H]2C1. The van der Waals surface area contributed by atoms with E-state index in [1.807, 2.05) is 6.07 Å². The Balaban J connectivity index is 2.12. The summed E-state index contributed by atoms with van der Waals surface area (Å²) in [4.78, 5) is 25.9. The molecule has 0 aromatic heterocycles. The van der Waals surface area contributed by atoms with Crippen LogP contribution in [0.3, 0.4) is 0 Å². The molecule has 3 atom stereocenters. The van der Waals surface area contributed by atoms with Crippen LogP contribution in [0.1, 0.15) is 41.6 Å². The first-order valence-corrected chi connectivity index (χ1v) is 6.72. The van der Waals surface area contributed by atoms with E-state index in [4.69, 9.17) is 0 Å². The summed E-state index contributed by atoms with van der Waals surface area (Å²) in [5, 5.41) is 9.56. The van der Waals surface area contributed by atoms with Gasteiger partial charge >= 0.3 is 5.97 Å². The van der Waals surface area contributed by atoms with Crippen molar-refractivity contribution in [2.75, 3.05) is 6.54 Å². The summed E-state index contributed by atoms with van der Waals surface area (Å²) in [6, 6.07) is 6.93. The molecule has 3 rings (SSSR count). The van der Waals surface area contributed by atoms with Crippen LogP contribution in [0.4, 0.5) is 0 Å². The fourth-order valence-corrected chi connectivity index (χ4v) is 3.37. The van der Waals surface area contributed by atoms with Gasteiger partial charge in [-0.25, -0.2) is 0 Å². The number of benzene rings is 1. The van der Waals surface area contributed by atoms with Gasteiger partial charge in [-0.05, 0) is 30.4 Å². The van der Waals surface area contributed by atoms with Crippen LogP contribution in [-0.2, 0) is 4.79 Å². The van der Waals surface area contributed by atoms with Crippen molar-refractivity contribution >= 4 is 11.9 Å². The first-order valence-electron chi connectivity index (χ1n) is 6.72. The molecule has 100 valence electrons. The number of carboxylic acids is 1. The van der Waals surface area contributed by atoms with Crippen LogP contribution in [-0.4, -0.2) is 34.5 Å². The Kier molecular flexibility index (Phi) is 2.81. The summed E-state index contributed by atoms with van der Waals surface area (Å²) < 4.78 is 0. The number of hydrogen-bond donors (Lipinski definition) is 1. The van der Waals surface area contributed by atoms with Gasteiger partial charge < -0.3 is 10.0 Å². The second kappa shape index (κ2) is 4.37. The molecule has 1 fully saturated rings. The predicted molar refractivity (Wildman–Crippen MR) is 70.0 cm³/mol. The first-order chi connectivity index (χ1) is 9.09.